The molecular formula is C26H30N2O3. The predicted octanol–water partition coefficient (Wildman–Crippen LogP) is 5.59. The first-order chi connectivity index (χ1) is 14.8. The molecular weight excluding hydrogens is 388 g/mol. The standard InChI is InChI=1S/C26H30N2O3/c1-5-6-18-19-14-17(8-9-20(19)28-23(18)25(2,3)4)27-24(29)26(11-12-26)16-7-10-21-22(13-16)31-15-30-21/h5,7-10,13-14,18,23,28H,1,6,11-12,15H2,2-4H3,(H,27,29). The summed E-state index contributed by atoms with van der Waals surface area (Å²) in [6.45, 7) is 11.0. The second-order valence-corrected chi connectivity index (χ2v) is 10.0. The molecule has 2 heterocycles. The molecule has 1 aliphatic carbocycles. The Balaban J connectivity index is 1.39. The van der Waals surface area contributed by atoms with Crippen molar-refractivity contribution in [2.75, 3.05) is 17.4 Å². The molecule has 2 atom stereocenters. The first-order valence-electron chi connectivity index (χ1n) is 11.0. The monoisotopic (exact) mass is 418 g/mol. The molecule has 5 nitrogen and oxygen atoms in total. The van der Waals surface area contributed by atoms with Gasteiger partial charge in [0, 0.05) is 23.3 Å². The lowest BCUT2D eigenvalue weighted by Gasteiger charge is -2.32. The lowest BCUT2D eigenvalue weighted by molar-refractivity contribution is -0.118. The van der Waals surface area contributed by atoms with Crippen molar-refractivity contribution in [3.63, 3.8) is 0 Å². The summed E-state index contributed by atoms with van der Waals surface area (Å²) in [7, 11) is 0. The van der Waals surface area contributed by atoms with Crippen LogP contribution in [0.4, 0.5) is 11.4 Å². The molecule has 0 spiro atoms. The topological polar surface area (TPSA) is 59.6 Å². The fourth-order valence-electron chi connectivity index (χ4n) is 5.01. The Hall–Kier alpha value is -2.95. The molecule has 162 valence electrons. The van der Waals surface area contributed by atoms with Gasteiger partial charge in [-0.25, -0.2) is 0 Å². The fraction of sp³-hybridized carbons (Fsp3) is 0.423. The lowest BCUT2D eigenvalue weighted by Crippen LogP contribution is -2.34. The van der Waals surface area contributed by atoms with Gasteiger partial charge < -0.3 is 20.1 Å². The number of rotatable bonds is 5. The summed E-state index contributed by atoms with van der Waals surface area (Å²) in [5.74, 6) is 1.85. The maximum Gasteiger partial charge on any atom is 0.235 e. The highest BCUT2D eigenvalue weighted by Crippen LogP contribution is 2.51. The lowest BCUT2D eigenvalue weighted by atomic mass is 9.77. The van der Waals surface area contributed by atoms with E-state index < -0.39 is 5.41 Å². The van der Waals surface area contributed by atoms with Crippen LogP contribution in [0.15, 0.2) is 49.1 Å². The molecule has 2 unspecified atom stereocenters. The van der Waals surface area contributed by atoms with E-state index in [1.54, 1.807) is 0 Å². The zero-order chi connectivity index (χ0) is 21.8. The van der Waals surface area contributed by atoms with Crippen LogP contribution < -0.4 is 20.1 Å². The summed E-state index contributed by atoms with van der Waals surface area (Å²) in [6.07, 6.45) is 4.58. The van der Waals surface area contributed by atoms with Gasteiger partial charge in [-0.3, -0.25) is 4.79 Å². The van der Waals surface area contributed by atoms with E-state index in [1.165, 1.54) is 5.56 Å². The number of carbonyl (C=O) groups excluding carboxylic acids is 1. The molecule has 5 rings (SSSR count). The summed E-state index contributed by atoms with van der Waals surface area (Å²) >= 11 is 0. The smallest absolute Gasteiger partial charge is 0.235 e. The quantitative estimate of drug-likeness (QED) is 0.622. The molecule has 1 saturated carbocycles. The van der Waals surface area contributed by atoms with Gasteiger partial charge in [-0.1, -0.05) is 32.9 Å². The van der Waals surface area contributed by atoms with Crippen molar-refractivity contribution < 1.29 is 14.3 Å². The first kappa shape index (κ1) is 20.0. The maximum atomic E-state index is 13.3. The van der Waals surface area contributed by atoms with E-state index in [1.807, 2.05) is 30.3 Å². The van der Waals surface area contributed by atoms with E-state index in [9.17, 15) is 4.79 Å². The molecule has 0 aromatic heterocycles. The van der Waals surface area contributed by atoms with E-state index in [2.05, 4.69) is 50.1 Å². The number of hydrogen-bond donors (Lipinski definition) is 2. The van der Waals surface area contributed by atoms with Crippen LogP contribution in [-0.4, -0.2) is 18.7 Å². The van der Waals surface area contributed by atoms with Crippen molar-refractivity contribution in [2.45, 2.75) is 57.4 Å². The third-order valence-electron chi connectivity index (χ3n) is 6.89. The number of hydrogen-bond acceptors (Lipinski definition) is 4. The molecule has 5 heteroatoms. The van der Waals surface area contributed by atoms with Gasteiger partial charge in [-0.05, 0) is 66.1 Å². The molecule has 2 N–H and O–H groups in total. The molecule has 1 amide bonds. The van der Waals surface area contributed by atoms with Crippen molar-refractivity contribution >= 4 is 17.3 Å². The Kier molecular flexibility index (Phi) is 4.54. The van der Waals surface area contributed by atoms with E-state index >= 15 is 0 Å². The summed E-state index contributed by atoms with van der Waals surface area (Å²) in [5, 5.41) is 6.89. The molecule has 2 aromatic carbocycles. The predicted molar refractivity (Wildman–Crippen MR) is 123 cm³/mol. The van der Waals surface area contributed by atoms with Gasteiger partial charge >= 0.3 is 0 Å². The maximum absolute atomic E-state index is 13.3. The summed E-state index contributed by atoms with van der Waals surface area (Å²) in [4.78, 5) is 13.3. The third-order valence-corrected chi connectivity index (χ3v) is 6.89. The van der Waals surface area contributed by atoms with Crippen LogP contribution in [0.3, 0.4) is 0 Å². The number of fused-ring (bicyclic) bond motifs is 2. The Morgan fingerprint density at radius 3 is 2.68 bits per heavy atom. The van der Waals surface area contributed by atoms with E-state index in [4.69, 9.17) is 9.47 Å². The Morgan fingerprint density at radius 1 is 1.19 bits per heavy atom. The van der Waals surface area contributed by atoms with E-state index in [0.29, 0.717) is 12.0 Å². The summed E-state index contributed by atoms with van der Waals surface area (Å²) < 4.78 is 10.9. The van der Waals surface area contributed by atoms with Gasteiger partial charge in [0.2, 0.25) is 12.7 Å². The largest absolute Gasteiger partial charge is 0.454 e. The Bertz CT molecular complexity index is 1050. The highest BCUT2D eigenvalue weighted by molar-refractivity contribution is 6.01. The Morgan fingerprint density at radius 2 is 1.97 bits per heavy atom. The highest BCUT2D eigenvalue weighted by Gasteiger charge is 2.51. The number of anilines is 2. The number of nitrogens with one attached hydrogen (secondary N) is 2. The minimum absolute atomic E-state index is 0.0462. The molecule has 31 heavy (non-hydrogen) atoms. The number of ether oxygens (including phenoxy) is 2. The van der Waals surface area contributed by atoms with Gasteiger partial charge in [0.05, 0.1) is 5.41 Å². The van der Waals surface area contributed by atoms with Crippen LogP contribution in [0.25, 0.3) is 0 Å². The van der Waals surface area contributed by atoms with Crippen LogP contribution in [0, 0.1) is 5.41 Å². The third kappa shape index (κ3) is 3.36. The molecule has 2 aromatic rings. The van der Waals surface area contributed by atoms with Gasteiger partial charge in [0.1, 0.15) is 0 Å². The van der Waals surface area contributed by atoms with Gasteiger partial charge in [0.15, 0.2) is 11.5 Å². The second-order valence-electron chi connectivity index (χ2n) is 10.0. The molecule has 2 aliphatic heterocycles. The summed E-state index contributed by atoms with van der Waals surface area (Å²) in [5.41, 5.74) is 3.89. The molecule has 0 saturated heterocycles. The number of carbonyl (C=O) groups is 1. The number of allylic oxidation sites excluding steroid dienone is 1. The van der Waals surface area contributed by atoms with Gasteiger partial charge in [0.25, 0.3) is 0 Å². The van der Waals surface area contributed by atoms with Crippen LogP contribution in [-0.2, 0) is 10.2 Å². The van der Waals surface area contributed by atoms with Crippen molar-refractivity contribution in [2.24, 2.45) is 5.41 Å². The van der Waals surface area contributed by atoms with Crippen LogP contribution >= 0.6 is 0 Å². The zero-order valence-electron chi connectivity index (χ0n) is 18.5. The molecule has 1 fully saturated rings. The minimum Gasteiger partial charge on any atom is -0.454 e. The molecule has 0 bridgehead atoms. The molecule has 0 radical (unpaired) electrons. The fourth-order valence-corrected chi connectivity index (χ4v) is 5.01. The van der Waals surface area contributed by atoms with Gasteiger partial charge in [-0.15, -0.1) is 6.58 Å². The Labute approximate surface area is 183 Å². The SMILES string of the molecule is C=CCC1c2cc(NC(=O)C3(c4ccc5c(c4)OCO5)CC3)ccc2NC1C(C)(C)C. The highest BCUT2D eigenvalue weighted by atomic mass is 16.7. The van der Waals surface area contributed by atoms with E-state index in [-0.39, 0.29) is 18.1 Å². The molecule has 3 aliphatic rings. The van der Waals surface area contributed by atoms with Crippen molar-refractivity contribution in [1.82, 2.24) is 0 Å². The van der Waals surface area contributed by atoms with Crippen molar-refractivity contribution in [3.05, 3.63) is 60.2 Å². The summed E-state index contributed by atoms with van der Waals surface area (Å²) in [6, 6.07) is 12.4. The number of benzene rings is 2. The van der Waals surface area contributed by atoms with Crippen LogP contribution in [0.2, 0.25) is 0 Å². The van der Waals surface area contributed by atoms with E-state index in [0.717, 1.165) is 47.7 Å². The van der Waals surface area contributed by atoms with Gasteiger partial charge in [-0.2, -0.15) is 0 Å². The first-order valence-corrected chi connectivity index (χ1v) is 11.0. The average molecular weight is 419 g/mol. The second kappa shape index (κ2) is 7.04. The normalized spacial score (nSPS) is 22.4. The van der Waals surface area contributed by atoms with Crippen LogP contribution in [0.1, 0.15) is 57.1 Å². The van der Waals surface area contributed by atoms with Crippen molar-refractivity contribution in [1.29, 1.82) is 0 Å². The zero-order valence-corrected chi connectivity index (χ0v) is 18.5. The van der Waals surface area contributed by atoms with Crippen molar-refractivity contribution in [3.8, 4) is 11.5 Å². The van der Waals surface area contributed by atoms with Crippen LogP contribution in [0.5, 0.6) is 11.5 Å². The average Bonchev–Trinajstić information content (AvgIpc) is 3.27. The minimum atomic E-state index is -0.479. The number of amides is 1.